The highest BCUT2D eigenvalue weighted by Crippen LogP contribution is 2.22. The van der Waals surface area contributed by atoms with Crippen molar-refractivity contribution in [3.63, 3.8) is 0 Å². The minimum Gasteiger partial charge on any atom is -0.496 e. The summed E-state index contributed by atoms with van der Waals surface area (Å²) >= 11 is 0. The number of ether oxygens (including phenoxy) is 1. The van der Waals surface area contributed by atoms with Crippen LogP contribution in [0, 0.1) is 0 Å². The van der Waals surface area contributed by atoms with E-state index < -0.39 is 0 Å². The maximum absolute atomic E-state index is 5.99. The van der Waals surface area contributed by atoms with Crippen molar-refractivity contribution in [2.75, 3.05) is 19.1 Å². The Labute approximate surface area is 126 Å². The van der Waals surface area contributed by atoms with Crippen LogP contribution < -0.4 is 15.4 Å². The molecule has 1 heterocycles. The van der Waals surface area contributed by atoms with Crippen LogP contribution >= 0.6 is 0 Å². The van der Waals surface area contributed by atoms with Gasteiger partial charge in [-0.1, -0.05) is 25.1 Å². The van der Waals surface area contributed by atoms with E-state index in [0.29, 0.717) is 0 Å². The molecule has 0 saturated carbocycles. The molecule has 4 nitrogen and oxygen atoms in total. The van der Waals surface area contributed by atoms with Gasteiger partial charge in [0.05, 0.1) is 24.7 Å². The molecule has 0 saturated heterocycles. The quantitative estimate of drug-likeness (QED) is 0.886. The van der Waals surface area contributed by atoms with E-state index in [0.717, 1.165) is 35.7 Å². The van der Waals surface area contributed by atoms with Crippen molar-refractivity contribution in [1.29, 1.82) is 0 Å². The molecule has 2 aromatic rings. The summed E-state index contributed by atoms with van der Waals surface area (Å²) < 4.78 is 5.39. The fourth-order valence-corrected chi connectivity index (χ4v) is 2.23. The van der Waals surface area contributed by atoms with Gasteiger partial charge in [-0.2, -0.15) is 0 Å². The Morgan fingerprint density at radius 3 is 2.62 bits per heavy atom. The molecular weight excluding hydrogens is 262 g/mol. The van der Waals surface area contributed by atoms with E-state index in [1.165, 1.54) is 0 Å². The highest BCUT2D eigenvalue weighted by atomic mass is 16.5. The van der Waals surface area contributed by atoms with Crippen molar-refractivity contribution >= 4 is 5.69 Å². The standard InChI is InChI=1S/C17H23N3O/c1-4-15(18)16-10-9-14(11-19-16)20(2)12-13-7-5-6-8-17(13)21-3/h5-11,15H,4,12,18H2,1-3H3/t15-/m0/s1. The summed E-state index contributed by atoms with van der Waals surface area (Å²) in [5.74, 6) is 0.905. The van der Waals surface area contributed by atoms with Crippen molar-refractivity contribution in [1.82, 2.24) is 4.98 Å². The van der Waals surface area contributed by atoms with Crippen LogP contribution in [-0.2, 0) is 6.54 Å². The second-order valence-electron chi connectivity index (χ2n) is 5.12. The smallest absolute Gasteiger partial charge is 0.123 e. The molecule has 0 amide bonds. The lowest BCUT2D eigenvalue weighted by molar-refractivity contribution is 0.409. The number of nitrogens with zero attached hydrogens (tertiary/aromatic N) is 2. The van der Waals surface area contributed by atoms with E-state index in [4.69, 9.17) is 10.5 Å². The SMILES string of the molecule is CC[C@H](N)c1ccc(N(C)Cc2ccccc2OC)cn1. The fraction of sp³-hybridized carbons (Fsp3) is 0.353. The van der Waals surface area contributed by atoms with Gasteiger partial charge in [0.1, 0.15) is 5.75 Å². The average Bonchev–Trinajstić information content (AvgIpc) is 2.54. The molecule has 0 aliphatic heterocycles. The number of hydrogen-bond donors (Lipinski definition) is 1. The molecule has 1 aromatic carbocycles. The molecule has 1 atom stereocenters. The van der Waals surface area contributed by atoms with Crippen LogP contribution in [0.25, 0.3) is 0 Å². The number of aromatic nitrogens is 1. The van der Waals surface area contributed by atoms with Crippen molar-refractivity contribution in [2.45, 2.75) is 25.9 Å². The molecule has 0 fully saturated rings. The van der Waals surface area contributed by atoms with E-state index in [1.54, 1.807) is 7.11 Å². The number of benzene rings is 1. The molecule has 1 aromatic heterocycles. The van der Waals surface area contributed by atoms with Crippen molar-refractivity contribution in [3.05, 3.63) is 53.9 Å². The molecule has 112 valence electrons. The predicted molar refractivity (Wildman–Crippen MR) is 86.6 cm³/mol. The summed E-state index contributed by atoms with van der Waals surface area (Å²) in [7, 11) is 3.74. The summed E-state index contributed by atoms with van der Waals surface area (Å²) in [5, 5.41) is 0. The fourth-order valence-electron chi connectivity index (χ4n) is 2.23. The normalized spacial score (nSPS) is 12.0. The summed E-state index contributed by atoms with van der Waals surface area (Å²) in [4.78, 5) is 6.60. The van der Waals surface area contributed by atoms with Gasteiger partial charge in [0, 0.05) is 25.2 Å². The molecule has 0 unspecified atom stereocenters. The van der Waals surface area contributed by atoms with Gasteiger partial charge in [-0.25, -0.2) is 0 Å². The third-order valence-electron chi connectivity index (χ3n) is 3.63. The van der Waals surface area contributed by atoms with Crippen LogP contribution in [0.1, 0.15) is 30.6 Å². The highest BCUT2D eigenvalue weighted by molar-refractivity contribution is 5.46. The van der Waals surface area contributed by atoms with Crippen molar-refractivity contribution < 1.29 is 4.74 Å². The monoisotopic (exact) mass is 285 g/mol. The topological polar surface area (TPSA) is 51.4 Å². The zero-order chi connectivity index (χ0) is 15.2. The van der Waals surface area contributed by atoms with Crippen molar-refractivity contribution in [3.8, 4) is 5.75 Å². The van der Waals surface area contributed by atoms with Gasteiger partial charge in [0.25, 0.3) is 0 Å². The third-order valence-corrected chi connectivity index (χ3v) is 3.63. The largest absolute Gasteiger partial charge is 0.496 e. The first kappa shape index (κ1) is 15.3. The first-order valence-electron chi connectivity index (χ1n) is 7.20. The number of methoxy groups -OCH3 is 1. The molecule has 4 heteroatoms. The first-order valence-corrected chi connectivity index (χ1v) is 7.20. The van der Waals surface area contributed by atoms with Gasteiger partial charge in [-0.05, 0) is 24.6 Å². The Morgan fingerprint density at radius 1 is 1.24 bits per heavy atom. The van der Waals surface area contributed by atoms with E-state index >= 15 is 0 Å². The van der Waals surface area contributed by atoms with E-state index in [9.17, 15) is 0 Å². The molecule has 2 rings (SSSR count). The first-order chi connectivity index (χ1) is 10.2. The van der Waals surface area contributed by atoms with Gasteiger partial charge in [0.15, 0.2) is 0 Å². The summed E-state index contributed by atoms with van der Waals surface area (Å²) in [5.41, 5.74) is 9.14. The Kier molecular flexibility index (Phi) is 5.17. The summed E-state index contributed by atoms with van der Waals surface area (Å²) in [6.07, 6.45) is 2.77. The minimum atomic E-state index is 0.0126. The Morgan fingerprint density at radius 2 is 2.00 bits per heavy atom. The van der Waals surface area contributed by atoms with Crippen LogP contribution in [0.5, 0.6) is 5.75 Å². The van der Waals surface area contributed by atoms with Crippen molar-refractivity contribution in [2.24, 2.45) is 5.73 Å². The molecule has 0 aliphatic rings. The molecule has 0 aliphatic carbocycles. The number of anilines is 1. The molecule has 2 N–H and O–H groups in total. The third kappa shape index (κ3) is 3.73. The molecule has 21 heavy (non-hydrogen) atoms. The number of nitrogens with two attached hydrogens (primary N) is 1. The molecule has 0 spiro atoms. The van der Waals surface area contributed by atoms with Gasteiger partial charge in [0.2, 0.25) is 0 Å². The Balaban J connectivity index is 2.11. The summed E-state index contributed by atoms with van der Waals surface area (Å²) in [6, 6.07) is 12.1. The van der Waals surface area contributed by atoms with Crippen LogP contribution in [-0.4, -0.2) is 19.1 Å². The predicted octanol–water partition coefficient (Wildman–Crippen LogP) is 3.14. The lowest BCUT2D eigenvalue weighted by atomic mass is 10.1. The van der Waals surface area contributed by atoms with Crippen LogP contribution in [0.4, 0.5) is 5.69 Å². The van der Waals surface area contributed by atoms with Gasteiger partial charge >= 0.3 is 0 Å². The maximum Gasteiger partial charge on any atom is 0.123 e. The van der Waals surface area contributed by atoms with Gasteiger partial charge in [-0.15, -0.1) is 0 Å². The number of para-hydroxylation sites is 1. The van der Waals surface area contributed by atoms with Gasteiger partial charge in [-0.3, -0.25) is 4.98 Å². The summed E-state index contributed by atoms with van der Waals surface area (Å²) in [6.45, 7) is 2.83. The van der Waals surface area contributed by atoms with Crippen LogP contribution in [0.2, 0.25) is 0 Å². The zero-order valence-corrected chi connectivity index (χ0v) is 12.9. The molecule has 0 radical (unpaired) electrons. The lowest BCUT2D eigenvalue weighted by Crippen LogP contribution is -2.18. The molecular formula is C17H23N3O. The second kappa shape index (κ2) is 7.09. The number of pyridine rings is 1. The minimum absolute atomic E-state index is 0.0126. The van der Waals surface area contributed by atoms with E-state index in [2.05, 4.69) is 28.9 Å². The second-order valence-corrected chi connectivity index (χ2v) is 5.12. The van der Waals surface area contributed by atoms with E-state index in [-0.39, 0.29) is 6.04 Å². The lowest BCUT2D eigenvalue weighted by Gasteiger charge is -2.21. The Hall–Kier alpha value is -2.07. The molecule has 0 bridgehead atoms. The number of hydrogen-bond acceptors (Lipinski definition) is 4. The maximum atomic E-state index is 5.99. The van der Waals surface area contributed by atoms with Gasteiger partial charge < -0.3 is 15.4 Å². The Bertz CT molecular complexity index is 569. The van der Waals surface area contributed by atoms with E-state index in [1.807, 2.05) is 37.5 Å². The van der Waals surface area contributed by atoms with Crippen LogP contribution in [0.3, 0.4) is 0 Å². The number of rotatable bonds is 6. The zero-order valence-electron chi connectivity index (χ0n) is 12.9. The van der Waals surface area contributed by atoms with Crippen LogP contribution in [0.15, 0.2) is 42.6 Å². The highest BCUT2D eigenvalue weighted by Gasteiger charge is 2.09. The average molecular weight is 285 g/mol.